The predicted octanol–water partition coefficient (Wildman–Crippen LogP) is 2.67. The minimum atomic E-state index is 0.207. The van der Waals surface area contributed by atoms with Crippen LogP contribution in [0.15, 0.2) is 11.4 Å². The molecule has 1 nitrogen and oxygen atoms in total. The molecule has 66 valence electrons. The monoisotopic (exact) mass is 202 g/mol. The number of hydrogen-bond donors (Lipinski definition) is 1. The Hall–Kier alpha value is -0.0500. The van der Waals surface area contributed by atoms with E-state index in [4.69, 9.17) is 16.7 Å². The van der Waals surface area contributed by atoms with Crippen molar-refractivity contribution in [3.8, 4) is 0 Å². The standard InChI is InChI=1S/C9H11ClOS/c1-9(3-7(9)4-11)6-2-8(10)12-5-6/h2,5,7,11H,3-4H2,1H3. The van der Waals surface area contributed by atoms with E-state index in [1.807, 2.05) is 6.07 Å². The van der Waals surface area contributed by atoms with E-state index in [2.05, 4.69) is 12.3 Å². The van der Waals surface area contributed by atoms with Gasteiger partial charge in [-0.1, -0.05) is 18.5 Å². The lowest BCUT2D eigenvalue weighted by atomic mass is 9.99. The van der Waals surface area contributed by atoms with Crippen LogP contribution in [-0.4, -0.2) is 11.7 Å². The number of thiophene rings is 1. The molecule has 12 heavy (non-hydrogen) atoms. The number of halogens is 1. The molecule has 0 saturated heterocycles. The smallest absolute Gasteiger partial charge is 0.0931 e. The van der Waals surface area contributed by atoms with Crippen molar-refractivity contribution in [2.24, 2.45) is 5.92 Å². The van der Waals surface area contributed by atoms with Gasteiger partial charge >= 0.3 is 0 Å². The van der Waals surface area contributed by atoms with Crippen LogP contribution in [0.4, 0.5) is 0 Å². The van der Waals surface area contributed by atoms with Gasteiger partial charge in [0.25, 0.3) is 0 Å². The molecule has 0 spiro atoms. The van der Waals surface area contributed by atoms with Gasteiger partial charge in [-0.2, -0.15) is 0 Å². The largest absolute Gasteiger partial charge is 0.396 e. The van der Waals surface area contributed by atoms with Crippen LogP contribution in [0, 0.1) is 5.92 Å². The van der Waals surface area contributed by atoms with Gasteiger partial charge in [0.05, 0.1) is 4.34 Å². The fourth-order valence-electron chi connectivity index (χ4n) is 1.68. The molecule has 1 aromatic heterocycles. The summed E-state index contributed by atoms with van der Waals surface area (Å²) < 4.78 is 0.842. The second-order valence-electron chi connectivity index (χ2n) is 3.64. The Bertz CT molecular complexity index is 296. The van der Waals surface area contributed by atoms with Gasteiger partial charge in [0, 0.05) is 6.61 Å². The molecule has 1 heterocycles. The molecule has 1 fully saturated rings. The zero-order valence-electron chi connectivity index (χ0n) is 6.88. The van der Waals surface area contributed by atoms with Gasteiger partial charge < -0.3 is 5.11 Å². The third kappa shape index (κ3) is 1.18. The first kappa shape index (κ1) is 8.54. The lowest BCUT2D eigenvalue weighted by Gasteiger charge is -2.06. The van der Waals surface area contributed by atoms with Crippen LogP contribution in [0.5, 0.6) is 0 Å². The van der Waals surface area contributed by atoms with E-state index in [0.29, 0.717) is 12.5 Å². The summed E-state index contributed by atoms with van der Waals surface area (Å²) in [5.74, 6) is 0.447. The molecule has 1 aliphatic carbocycles. The molecule has 0 aliphatic heterocycles. The topological polar surface area (TPSA) is 20.2 Å². The minimum Gasteiger partial charge on any atom is -0.396 e. The molecular formula is C9H11ClOS. The van der Waals surface area contributed by atoms with Crippen molar-refractivity contribution in [3.63, 3.8) is 0 Å². The number of aliphatic hydroxyl groups is 1. The molecule has 1 aromatic rings. The van der Waals surface area contributed by atoms with E-state index in [9.17, 15) is 0 Å². The van der Waals surface area contributed by atoms with E-state index < -0.39 is 0 Å². The number of hydrogen-bond acceptors (Lipinski definition) is 2. The summed E-state index contributed by atoms with van der Waals surface area (Å²) in [6, 6.07) is 2.02. The Morgan fingerprint density at radius 3 is 3.00 bits per heavy atom. The van der Waals surface area contributed by atoms with Crippen LogP contribution >= 0.6 is 22.9 Å². The quantitative estimate of drug-likeness (QED) is 0.782. The van der Waals surface area contributed by atoms with Crippen LogP contribution in [0.3, 0.4) is 0 Å². The highest BCUT2D eigenvalue weighted by Gasteiger charge is 2.50. The first-order chi connectivity index (χ1) is 5.66. The summed E-state index contributed by atoms with van der Waals surface area (Å²) in [5.41, 5.74) is 1.50. The highest BCUT2D eigenvalue weighted by Crippen LogP contribution is 2.54. The van der Waals surface area contributed by atoms with Gasteiger partial charge in [-0.25, -0.2) is 0 Å². The lowest BCUT2D eigenvalue weighted by molar-refractivity contribution is 0.266. The van der Waals surface area contributed by atoms with Crippen molar-refractivity contribution in [1.82, 2.24) is 0 Å². The van der Waals surface area contributed by atoms with E-state index in [1.165, 1.54) is 5.56 Å². The summed E-state index contributed by atoms with van der Waals surface area (Å²) in [7, 11) is 0. The zero-order chi connectivity index (χ0) is 8.77. The highest BCUT2D eigenvalue weighted by molar-refractivity contribution is 7.14. The normalized spacial score (nSPS) is 33.8. The summed E-state index contributed by atoms with van der Waals surface area (Å²) in [5, 5.41) is 11.1. The summed E-state index contributed by atoms with van der Waals surface area (Å²) in [6.45, 7) is 2.48. The molecule has 0 amide bonds. The van der Waals surface area contributed by atoms with Gasteiger partial charge in [0.2, 0.25) is 0 Å². The third-order valence-electron chi connectivity index (χ3n) is 2.86. The Labute approximate surface area is 81.0 Å². The van der Waals surface area contributed by atoms with Crippen LogP contribution in [0.2, 0.25) is 4.34 Å². The van der Waals surface area contributed by atoms with Crippen LogP contribution in [0.1, 0.15) is 18.9 Å². The van der Waals surface area contributed by atoms with Crippen LogP contribution in [0.25, 0.3) is 0 Å². The maximum atomic E-state index is 8.98. The van der Waals surface area contributed by atoms with Crippen molar-refractivity contribution >= 4 is 22.9 Å². The molecule has 1 saturated carbocycles. The molecule has 0 bridgehead atoms. The van der Waals surface area contributed by atoms with E-state index in [0.717, 1.165) is 10.8 Å². The maximum Gasteiger partial charge on any atom is 0.0931 e. The zero-order valence-corrected chi connectivity index (χ0v) is 8.45. The lowest BCUT2D eigenvalue weighted by Crippen LogP contribution is -2.04. The molecule has 0 radical (unpaired) electrons. The average molecular weight is 203 g/mol. The predicted molar refractivity (Wildman–Crippen MR) is 51.9 cm³/mol. The van der Waals surface area contributed by atoms with Gasteiger partial charge in [-0.3, -0.25) is 0 Å². The van der Waals surface area contributed by atoms with E-state index in [-0.39, 0.29) is 5.41 Å². The van der Waals surface area contributed by atoms with Crippen molar-refractivity contribution < 1.29 is 5.11 Å². The van der Waals surface area contributed by atoms with Gasteiger partial charge in [-0.05, 0) is 34.8 Å². The van der Waals surface area contributed by atoms with Gasteiger partial charge in [0.15, 0.2) is 0 Å². The molecule has 2 unspecified atom stereocenters. The van der Waals surface area contributed by atoms with Gasteiger partial charge in [-0.15, -0.1) is 11.3 Å². The highest BCUT2D eigenvalue weighted by atomic mass is 35.5. The average Bonchev–Trinajstić information content (AvgIpc) is 2.50. The number of aliphatic hydroxyl groups excluding tert-OH is 1. The fourth-order valence-corrected chi connectivity index (χ4v) is 2.71. The summed E-state index contributed by atoms with van der Waals surface area (Å²) in [4.78, 5) is 0. The van der Waals surface area contributed by atoms with E-state index >= 15 is 0 Å². The molecule has 2 rings (SSSR count). The SMILES string of the molecule is CC1(c2csc(Cl)c2)CC1CO. The minimum absolute atomic E-state index is 0.207. The molecular weight excluding hydrogens is 192 g/mol. The first-order valence-corrected chi connectivity index (χ1v) is 5.28. The Morgan fingerprint density at radius 2 is 2.58 bits per heavy atom. The van der Waals surface area contributed by atoms with Crippen LogP contribution < -0.4 is 0 Å². The van der Waals surface area contributed by atoms with Crippen molar-refractivity contribution in [2.75, 3.05) is 6.61 Å². The second-order valence-corrected chi connectivity index (χ2v) is 5.18. The van der Waals surface area contributed by atoms with Crippen molar-refractivity contribution in [1.29, 1.82) is 0 Å². The Kier molecular flexibility index (Phi) is 1.94. The van der Waals surface area contributed by atoms with Crippen molar-refractivity contribution in [3.05, 3.63) is 21.3 Å². The molecule has 2 atom stereocenters. The molecule has 1 aliphatic rings. The maximum absolute atomic E-state index is 8.98. The Balaban J connectivity index is 2.22. The second kappa shape index (κ2) is 2.72. The molecule has 0 aromatic carbocycles. The molecule has 3 heteroatoms. The summed E-state index contributed by atoms with van der Waals surface area (Å²) >= 11 is 7.41. The van der Waals surface area contributed by atoms with Gasteiger partial charge in [0.1, 0.15) is 0 Å². The third-order valence-corrected chi connectivity index (χ3v) is 3.95. The van der Waals surface area contributed by atoms with Crippen molar-refractivity contribution in [2.45, 2.75) is 18.8 Å². The molecule has 1 N–H and O–H groups in total. The summed E-state index contributed by atoms with van der Waals surface area (Å²) in [6.07, 6.45) is 1.09. The fraction of sp³-hybridized carbons (Fsp3) is 0.556. The Morgan fingerprint density at radius 1 is 1.83 bits per heavy atom. The first-order valence-electron chi connectivity index (χ1n) is 4.02. The number of rotatable bonds is 2. The van der Waals surface area contributed by atoms with E-state index in [1.54, 1.807) is 11.3 Å². The van der Waals surface area contributed by atoms with Crippen LogP contribution in [-0.2, 0) is 5.41 Å².